The average Bonchev–Trinajstić information content (AvgIpc) is 2.46. The smallest absolute Gasteiger partial charge is 0.239 e. The predicted molar refractivity (Wildman–Crippen MR) is 73.4 cm³/mol. The molecule has 2 rings (SSSR count). The lowest BCUT2D eigenvalue weighted by atomic mass is 10.1. The second-order valence-corrected chi connectivity index (χ2v) is 5.11. The second kappa shape index (κ2) is 4.98. The molecule has 4 nitrogen and oxygen atoms in total. The van der Waals surface area contributed by atoms with E-state index in [-0.39, 0.29) is 11.9 Å². The number of rotatable bonds is 1. The van der Waals surface area contributed by atoms with E-state index in [4.69, 9.17) is 5.73 Å². The molecule has 0 radical (unpaired) electrons. The van der Waals surface area contributed by atoms with E-state index in [1.54, 1.807) is 6.92 Å². The highest BCUT2D eigenvalue weighted by atomic mass is 16.2. The van der Waals surface area contributed by atoms with Crippen molar-refractivity contribution in [1.29, 1.82) is 0 Å². The molecule has 0 spiro atoms. The number of anilines is 1. The number of hydrogen-bond donors (Lipinski definition) is 1. The van der Waals surface area contributed by atoms with Gasteiger partial charge in [0.2, 0.25) is 5.91 Å². The van der Waals surface area contributed by atoms with Crippen molar-refractivity contribution in [2.45, 2.75) is 32.5 Å². The number of amides is 1. The number of benzene rings is 1. The van der Waals surface area contributed by atoms with Crippen LogP contribution in [0, 0.1) is 0 Å². The van der Waals surface area contributed by atoms with Crippen LogP contribution in [0.15, 0.2) is 24.3 Å². The molecular weight excluding hydrogens is 226 g/mol. The molecule has 1 aliphatic rings. The van der Waals surface area contributed by atoms with Crippen molar-refractivity contribution in [3.8, 4) is 0 Å². The summed E-state index contributed by atoms with van der Waals surface area (Å²) in [6, 6.07) is 7.94. The van der Waals surface area contributed by atoms with Crippen molar-refractivity contribution in [2.75, 3.05) is 18.5 Å². The second-order valence-electron chi connectivity index (χ2n) is 5.11. The number of para-hydroxylation sites is 1. The first-order valence-corrected chi connectivity index (χ1v) is 6.36. The van der Waals surface area contributed by atoms with Gasteiger partial charge < -0.3 is 15.5 Å². The fourth-order valence-corrected chi connectivity index (χ4v) is 2.51. The summed E-state index contributed by atoms with van der Waals surface area (Å²) in [5, 5.41) is 0. The summed E-state index contributed by atoms with van der Waals surface area (Å²) in [4.78, 5) is 16.2. The van der Waals surface area contributed by atoms with Crippen LogP contribution < -0.4 is 10.6 Å². The highest BCUT2D eigenvalue weighted by Crippen LogP contribution is 2.26. The van der Waals surface area contributed by atoms with Crippen LogP contribution in [0.1, 0.15) is 19.4 Å². The van der Waals surface area contributed by atoms with Gasteiger partial charge in [-0.2, -0.15) is 0 Å². The Morgan fingerprint density at radius 3 is 2.78 bits per heavy atom. The van der Waals surface area contributed by atoms with Gasteiger partial charge in [-0.1, -0.05) is 18.2 Å². The van der Waals surface area contributed by atoms with Crippen molar-refractivity contribution in [1.82, 2.24) is 4.90 Å². The lowest BCUT2D eigenvalue weighted by Gasteiger charge is -2.29. The van der Waals surface area contributed by atoms with Gasteiger partial charge in [-0.25, -0.2) is 0 Å². The van der Waals surface area contributed by atoms with Gasteiger partial charge in [0.15, 0.2) is 0 Å². The first-order chi connectivity index (χ1) is 8.50. The Labute approximate surface area is 108 Å². The van der Waals surface area contributed by atoms with E-state index in [2.05, 4.69) is 31.0 Å². The van der Waals surface area contributed by atoms with Crippen LogP contribution in [0.25, 0.3) is 0 Å². The predicted octanol–water partition coefficient (Wildman–Crippen LogP) is 1.20. The molecule has 18 heavy (non-hydrogen) atoms. The van der Waals surface area contributed by atoms with Crippen LogP contribution in [-0.4, -0.2) is 36.5 Å². The first kappa shape index (κ1) is 12.9. The molecule has 0 saturated heterocycles. The monoisotopic (exact) mass is 247 g/mol. The standard InChI is InChI=1S/C14H21N3O/c1-10-8-16(3)13-7-5-4-6-12(13)9-17(10)14(18)11(2)15/h4-7,10-11H,8-9,15H2,1-3H3/t10-,11+/m1/s1. The van der Waals surface area contributed by atoms with E-state index in [1.807, 2.05) is 17.0 Å². The summed E-state index contributed by atoms with van der Waals surface area (Å²) in [7, 11) is 2.06. The van der Waals surface area contributed by atoms with Crippen LogP contribution in [0.5, 0.6) is 0 Å². The molecule has 98 valence electrons. The molecule has 0 unspecified atom stereocenters. The number of nitrogens with zero attached hydrogens (tertiary/aromatic N) is 2. The van der Waals surface area contributed by atoms with Crippen molar-refractivity contribution in [3.63, 3.8) is 0 Å². The lowest BCUT2D eigenvalue weighted by molar-refractivity contribution is -0.134. The van der Waals surface area contributed by atoms with E-state index in [0.717, 1.165) is 6.54 Å². The summed E-state index contributed by atoms with van der Waals surface area (Å²) < 4.78 is 0. The van der Waals surface area contributed by atoms with Gasteiger partial charge in [0.25, 0.3) is 0 Å². The topological polar surface area (TPSA) is 49.6 Å². The number of likely N-dealkylation sites (N-methyl/N-ethyl adjacent to an activating group) is 1. The number of fused-ring (bicyclic) bond motifs is 1. The van der Waals surface area contributed by atoms with Gasteiger partial charge in [0.05, 0.1) is 6.04 Å². The highest BCUT2D eigenvalue weighted by Gasteiger charge is 2.28. The normalized spacial score (nSPS) is 21.2. The van der Waals surface area contributed by atoms with Crippen molar-refractivity contribution in [3.05, 3.63) is 29.8 Å². The quantitative estimate of drug-likeness (QED) is 0.811. The van der Waals surface area contributed by atoms with Crippen LogP contribution in [-0.2, 0) is 11.3 Å². The van der Waals surface area contributed by atoms with E-state index >= 15 is 0 Å². The maximum absolute atomic E-state index is 12.2. The van der Waals surface area contributed by atoms with Gasteiger partial charge >= 0.3 is 0 Å². The molecule has 2 N–H and O–H groups in total. The number of carbonyl (C=O) groups is 1. The van der Waals surface area contributed by atoms with Crippen molar-refractivity contribution < 1.29 is 4.79 Å². The first-order valence-electron chi connectivity index (χ1n) is 6.36. The molecule has 1 aromatic carbocycles. The average molecular weight is 247 g/mol. The van der Waals surface area contributed by atoms with Gasteiger partial charge in [-0.15, -0.1) is 0 Å². The van der Waals surface area contributed by atoms with Crippen LogP contribution in [0.4, 0.5) is 5.69 Å². The minimum atomic E-state index is -0.442. The lowest BCUT2D eigenvalue weighted by Crippen LogP contribution is -2.48. The zero-order chi connectivity index (χ0) is 13.3. The highest BCUT2D eigenvalue weighted by molar-refractivity contribution is 5.82. The third kappa shape index (κ3) is 2.34. The number of nitrogens with two attached hydrogens (primary N) is 1. The molecule has 0 saturated carbocycles. The Morgan fingerprint density at radius 1 is 1.44 bits per heavy atom. The molecule has 2 atom stereocenters. The maximum atomic E-state index is 12.2. The summed E-state index contributed by atoms with van der Waals surface area (Å²) in [6.45, 7) is 5.29. The fourth-order valence-electron chi connectivity index (χ4n) is 2.51. The van der Waals surface area contributed by atoms with Gasteiger partial charge in [-0.05, 0) is 25.5 Å². The molecular formula is C14H21N3O. The van der Waals surface area contributed by atoms with Gasteiger partial charge in [0.1, 0.15) is 0 Å². The van der Waals surface area contributed by atoms with Crippen molar-refractivity contribution >= 4 is 11.6 Å². The van der Waals surface area contributed by atoms with E-state index in [9.17, 15) is 4.79 Å². The number of carbonyl (C=O) groups excluding carboxylic acids is 1. The molecule has 1 amide bonds. The minimum Gasteiger partial charge on any atom is -0.372 e. The Hall–Kier alpha value is -1.55. The van der Waals surface area contributed by atoms with E-state index in [0.29, 0.717) is 6.54 Å². The zero-order valence-electron chi connectivity index (χ0n) is 11.3. The summed E-state index contributed by atoms with van der Waals surface area (Å²) in [5.74, 6) is 0.0209. The third-order valence-electron chi connectivity index (χ3n) is 3.49. The van der Waals surface area contributed by atoms with Gasteiger partial charge in [-0.3, -0.25) is 4.79 Å². The molecule has 0 aliphatic carbocycles. The SMILES string of the molecule is C[C@H](N)C(=O)N1Cc2ccccc2N(C)C[C@H]1C. The molecule has 1 aliphatic heterocycles. The van der Waals surface area contributed by atoms with Crippen molar-refractivity contribution in [2.24, 2.45) is 5.73 Å². The van der Waals surface area contributed by atoms with E-state index in [1.165, 1.54) is 11.3 Å². The summed E-state index contributed by atoms with van der Waals surface area (Å²) in [5.41, 5.74) is 8.11. The Bertz CT molecular complexity index is 444. The molecule has 1 heterocycles. The summed E-state index contributed by atoms with van der Waals surface area (Å²) in [6.07, 6.45) is 0. The maximum Gasteiger partial charge on any atom is 0.239 e. The van der Waals surface area contributed by atoms with Crippen LogP contribution in [0.2, 0.25) is 0 Å². The third-order valence-corrected chi connectivity index (χ3v) is 3.49. The Balaban J connectivity index is 2.34. The summed E-state index contributed by atoms with van der Waals surface area (Å²) >= 11 is 0. The largest absolute Gasteiger partial charge is 0.372 e. The molecule has 4 heteroatoms. The minimum absolute atomic E-state index is 0.0209. The molecule has 1 aromatic rings. The Morgan fingerprint density at radius 2 is 2.11 bits per heavy atom. The number of hydrogen-bond acceptors (Lipinski definition) is 3. The molecule has 0 fully saturated rings. The van der Waals surface area contributed by atoms with Gasteiger partial charge in [0, 0.05) is 31.9 Å². The fraction of sp³-hybridized carbons (Fsp3) is 0.500. The van der Waals surface area contributed by atoms with Crippen LogP contribution in [0.3, 0.4) is 0 Å². The van der Waals surface area contributed by atoms with E-state index < -0.39 is 6.04 Å². The molecule has 0 aromatic heterocycles. The Kier molecular flexibility index (Phi) is 3.57. The van der Waals surface area contributed by atoms with Crippen LogP contribution >= 0.6 is 0 Å². The zero-order valence-corrected chi connectivity index (χ0v) is 11.3. The molecule has 0 bridgehead atoms.